The van der Waals surface area contributed by atoms with E-state index in [1.807, 2.05) is 4.90 Å². The first-order valence-corrected chi connectivity index (χ1v) is 6.93. The largest absolute Gasteiger partial charge is 0.493 e. The molecule has 1 aliphatic rings. The van der Waals surface area contributed by atoms with Gasteiger partial charge in [-0.15, -0.1) is 12.4 Å². The molecule has 0 saturated carbocycles. The highest BCUT2D eigenvalue weighted by Gasteiger charge is 2.24. The summed E-state index contributed by atoms with van der Waals surface area (Å²) in [5, 5.41) is 0.674. The molecule has 2 rings (SSSR count). The highest BCUT2D eigenvalue weighted by atomic mass is 35.5. The van der Waals surface area contributed by atoms with E-state index in [2.05, 4.69) is 0 Å². The Balaban J connectivity index is 0.00000200. The van der Waals surface area contributed by atoms with Gasteiger partial charge in [-0.2, -0.15) is 0 Å². The molecule has 20 heavy (non-hydrogen) atoms. The monoisotopic (exact) mass is 318 g/mol. The minimum absolute atomic E-state index is 0. The summed E-state index contributed by atoms with van der Waals surface area (Å²) >= 11 is 5.78. The number of hydrogen-bond donors (Lipinski definition) is 1. The van der Waals surface area contributed by atoms with E-state index in [1.54, 1.807) is 24.3 Å². The molecule has 112 valence electrons. The quantitative estimate of drug-likeness (QED) is 0.906. The Hall–Kier alpha value is -0.970. The first-order chi connectivity index (χ1) is 9.19. The van der Waals surface area contributed by atoms with Gasteiger partial charge in [0.05, 0.1) is 13.0 Å². The summed E-state index contributed by atoms with van der Waals surface area (Å²) < 4.78 is 5.51. The molecule has 1 amide bonds. The molecule has 6 heteroatoms. The molecule has 0 aromatic heterocycles. The fourth-order valence-corrected chi connectivity index (χ4v) is 2.32. The summed E-state index contributed by atoms with van der Waals surface area (Å²) in [5.41, 5.74) is 5.61. The van der Waals surface area contributed by atoms with Gasteiger partial charge in [0.2, 0.25) is 5.91 Å². The molecule has 1 saturated heterocycles. The Bertz CT molecular complexity index is 426. The maximum absolute atomic E-state index is 11.9. The van der Waals surface area contributed by atoms with E-state index in [9.17, 15) is 4.79 Å². The summed E-state index contributed by atoms with van der Waals surface area (Å²) in [7, 11) is 0. The first-order valence-electron chi connectivity index (χ1n) is 6.55. The lowest BCUT2D eigenvalue weighted by molar-refractivity contribution is -0.130. The maximum Gasteiger partial charge on any atom is 0.226 e. The van der Waals surface area contributed by atoms with Crippen LogP contribution in [0.1, 0.15) is 12.8 Å². The second-order valence-electron chi connectivity index (χ2n) is 4.78. The SMILES string of the molecule is Cl.NCC1CCN(C(=O)CCOc2ccc(Cl)cc2)C1. The van der Waals surface area contributed by atoms with Gasteiger partial charge in [0.15, 0.2) is 0 Å². The third kappa shape index (κ3) is 4.85. The summed E-state index contributed by atoms with van der Waals surface area (Å²) in [6.45, 7) is 2.66. The molecule has 1 heterocycles. The number of likely N-dealkylation sites (tertiary alicyclic amines) is 1. The van der Waals surface area contributed by atoms with Crippen molar-refractivity contribution in [3.05, 3.63) is 29.3 Å². The van der Waals surface area contributed by atoms with Crippen LogP contribution in [0.3, 0.4) is 0 Å². The minimum Gasteiger partial charge on any atom is -0.493 e. The van der Waals surface area contributed by atoms with Crippen molar-refractivity contribution in [1.29, 1.82) is 0 Å². The zero-order chi connectivity index (χ0) is 13.7. The van der Waals surface area contributed by atoms with Crippen molar-refractivity contribution in [3.63, 3.8) is 0 Å². The second kappa shape index (κ2) is 8.35. The van der Waals surface area contributed by atoms with Gasteiger partial charge in [-0.1, -0.05) is 11.6 Å². The summed E-state index contributed by atoms with van der Waals surface area (Å²) in [6.07, 6.45) is 1.42. The molecular weight excluding hydrogens is 299 g/mol. The average Bonchev–Trinajstić information content (AvgIpc) is 2.90. The lowest BCUT2D eigenvalue weighted by atomic mass is 10.1. The molecule has 1 atom stereocenters. The van der Waals surface area contributed by atoms with E-state index in [0.717, 1.165) is 25.3 Å². The molecule has 1 aliphatic heterocycles. The van der Waals surface area contributed by atoms with Crippen LogP contribution in [0.15, 0.2) is 24.3 Å². The molecule has 0 spiro atoms. The van der Waals surface area contributed by atoms with Gasteiger partial charge in [0.1, 0.15) is 5.75 Å². The van der Waals surface area contributed by atoms with Gasteiger partial charge < -0.3 is 15.4 Å². The van der Waals surface area contributed by atoms with Crippen LogP contribution in [0.5, 0.6) is 5.75 Å². The molecule has 0 bridgehead atoms. The van der Waals surface area contributed by atoms with E-state index in [-0.39, 0.29) is 18.3 Å². The van der Waals surface area contributed by atoms with Crippen molar-refractivity contribution in [2.24, 2.45) is 11.7 Å². The zero-order valence-corrected chi connectivity index (χ0v) is 12.8. The Morgan fingerprint density at radius 3 is 2.70 bits per heavy atom. The van der Waals surface area contributed by atoms with Crippen LogP contribution in [-0.4, -0.2) is 37.0 Å². The van der Waals surface area contributed by atoms with E-state index in [0.29, 0.717) is 30.5 Å². The van der Waals surface area contributed by atoms with Crippen LogP contribution in [0.4, 0.5) is 0 Å². The number of nitrogens with two attached hydrogens (primary N) is 1. The molecule has 1 aromatic carbocycles. The number of amides is 1. The lowest BCUT2D eigenvalue weighted by Crippen LogP contribution is -2.30. The molecule has 2 N–H and O–H groups in total. The van der Waals surface area contributed by atoms with Crippen LogP contribution in [0.2, 0.25) is 5.02 Å². The predicted octanol–water partition coefficient (Wildman–Crippen LogP) is 2.34. The van der Waals surface area contributed by atoms with E-state index in [4.69, 9.17) is 22.1 Å². The van der Waals surface area contributed by atoms with Crippen LogP contribution in [0.25, 0.3) is 0 Å². The molecule has 1 unspecified atom stereocenters. The Kier molecular flexibility index (Phi) is 7.13. The van der Waals surface area contributed by atoms with Gasteiger partial charge in [0, 0.05) is 18.1 Å². The molecule has 0 aliphatic carbocycles. The smallest absolute Gasteiger partial charge is 0.226 e. The van der Waals surface area contributed by atoms with Crippen LogP contribution in [-0.2, 0) is 4.79 Å². The Morgan fingerprint density at radius 2 is 2.10 bits per heavy atom. The lowest BCUT2D eigenvalue weighted by Gasteiger charge is -2.16. The van der Waals surface area contributed by atoms with Crippen molar-refractivity contribution in [2.75, 3.05) is 26.2 Å². The predicted molar refractivity (Wildman–Crippen MR) is 82.6 cm³/mol. The Labute approximate surface area is 130 Å². The molecule has 1 fully saturated rings. The highest BCUT2D eigenvalue weighted by molar-refractivity contribution is 6.30. The fourth-order valence-electron chi connectivity index (χ4n) is 2.20. The number of nitrogens with zero attached hydrogens (tertiary/aromatic N) is 1. The van der Waals surface area contributed by atoms with Gasteiger partial charge in [-0.3, -0.25) is 4.79 Å². The summed E-state index contributed by atoms with van der Waals surface area (Å²) in [6, 6.07) is 7.14. The van der Waals surface area contributed by atoms with E-state index < -0.39 is 0 Å². The standard InChI is InChI=1S/C14H19ClN2O2.ClH/c15-12-1-3-13(4-2-12)19-8-6-14(18)17-7-5-11(9-16)10-17;/h1-4,11H,5-10,16H2;1H. The highest BCUT2D eigenvalue weighted by Crippen LogP contribution is 2.17. The van der Waals surface area contributed by atoms with Gasteiger partial charge >= 0.3 is 0 Å². The number of halogens is 2. The topological polar surface area (TPSA) is 55.6 Å². The van der Waals surface area contributed by atoms with Gasteiger partial charge in [0.25, 0.3) is 0 Å². The summed E-state index contributed by atoms with van der Waals surface area (Å²) in [4.78, 5) is 13.8. The molecule has 0 radical (unpaired) electrons. The fraction of sp³-hybridized carbons (Fsp3) is 0.500. The normalized spacial score (nSPS) is 17.7. The van der Waals surface area contributed by atoms with Crippen molar-refractivity contribution >= 4 is 29.9 Å². The minimum atomic E-state index is 0. The van der Waals surface area contributed by atoms with E-state index in [1.165, 1.54) is 0 Å². The molecular formula is C14H20Cl2N2O2. The first kappa shape index (κ1) is 17.1. The summed E-state index contributed by atoms with van der Waals surface area (Å²) in [5.74, 6) is 1.34. The Morgan fingerprint density at radius 1 is 1.40 bits per heavy atom. The van der Waals surface area contributed by atoms with Crippen molar-refractivity contribution in [3.8, 4) is 5.75 Å². The van der Waals surface area contributed by atoms with Crippen molar-refractivity contribution < 1.29 is 9.53 Å². The van der Waals surface area contributed by atoms with Crippen LogP contribution < -0.4 is 10.5 Å². The third-order valence-corrected chi connectivity index (χ3v) is 3.62. The van der Waals surface area contributed by atoms with Crippen LogP contribution in [0, 0.1) is 5.92 Å². The average molecular weight is 319 g/mol. The second-order valence-corrected chi connectivity index (χ2v) is 5.22. The van der Waals surface area contributed by atoms with Crippen molar-refractivity contribution in [1.82, 2.24) is 4.90 Å². The van der Waals surface area contributed by atoms with E-state index >= 15 is 0 Å². The number of hydrogen-bond acceptors (Lipinski definition) is 3. The number of carbonyl (C=O) groups excluding carboxylic acids is 1. The molecule has 1 aromatic rings. The zero-order valence-electron chi connectivity index (χ0n) is 11.3. The van der Waals surface area contributed by atoms with Gasteiger partial charge in [-0.25, -0.2) is 0 Å². The van der Waals surface area contributed by atoms with Crippen molar-refractivity contribution in [2.45, 2.75) is 12.8 Å². The number of benzene rings is 1. The number of rotatable bonds is 5. The van der Waals surface area contributed by atoms with Gasteiger partial charge in [-0.05, 0) is 43.1 Å². The maximum atomic E-state index is 11.9. The third-order valence-electron chi connectivity index (χ3n) is 3.37. The number of carbonyl (C=O) groups is 1. The van der Waals surface area contributed by atoms with Crippen LogP contribution >= 0.6 is 24.0 Å². The molecule has 4 nitrogen and oxygen atoms in total. The number of ether oxygens (including phenoxy) is 1.